The molecule has 0 atom stereocenters. The molecule has 6 heterocycles. The van der Waals surface area contributed by atoms with Crippen molar-refractivity contribution in [1.82, 2.24) is 29.9 Å². The topological polar surface area (TPSA) is 77.3 Å². The van der Waals surface area contributed by atoms with Crippen LogP contribution in [0.3, 0.4) is 0 Å². The molecule has 0 spiro atoms. The van der Waals surface area contributed by atoms with Gasteiger partial charge in [0.2, 0.25) is 0 Å². The van der Waals surface area contributed by atoms with Crippen molar-refractivity contribution in [3.05, 3.63) is 445 Å². The van der Waals surface area contributed by atoms with Crippen molar-refractivity contribution >= 4 is 87.0 Å². The van der Waals surface area contributed by atoms with E-state index < -0.39 is 10.8 Å². The highest BCUT2D eigenvalue weighted by molar-refractivity contribution is 6.20. The van der Waals surface area contributed by atoms with Crippen molar-refractivity contribution in [1.29, 1.82) is 0 Å². The van der Waals surface area contributed by atoms with Gasteiger partial charge in [0.15, 0.2) is 0 Å². The molecule has 2 aliphatic carbocycles. The first-order chi connectivity index (χ1) is 55.5. The summed E-state index contributed by atoms with van der Waals surface area (Å²) in [7, 11) is 0. The van der Waals surface area contributed by atoms with Crippen molar-refractivity contribution in [3.8, 4) is 78.4 Å². The zero-order chi connectivity index (χ0) is 73.9. The molecule has 2 aliphatic rings. The molecule has 23 rings (SSSR count). The number of hydrogen-bond acceptors (Lipinski definition) is 6. The predicted octanol–water partition coefficient (Wildman–Crippen LogP) is 26.0. The van der Waals surface area contributed by atoms with E-state index in [4.69, 9.17) is 24.9 Å². The van der Waals surface area contributed by atoms with E-state index in [2.05, 4.69) is 381 Å². The van der Waals surface area contributed by atoms with E-state index in [1.165, 1.54) is 88.3 Å². The fourth-order valence-electron chi connectivity index (χ4n) is 18.6. The van der Waals surface area contributed by atoms with Gasteiger partial charge in [-0.15, -0.1) is 0 Å². The Morgan fingerprint density at radius 1 is 0.205 bits per heavy atom. The molecule has 0 aliphatic heterocycles. The minimum atomic E-state index is -0.501. The van der Waals surface area contributed by atoms with Crippen LogP contribution in [0, 0.1) is 0 Å². The molecule has 112 heavy (non-hydrogen) atoms. The molecule has 6 nitrogen and oxygen atoms in total. The van der Waals surface area contributed by atoms with Crippen LogP contribution in [0.2, 0.25) is 0 Å². The summed E-state index contributed by atoms with van der Waals surface area (Å²) in [5.41, 5.74) is 30.0. The SMILES string of the molecule is c1ccc(C2(c3ccccc3)c3ccccc3-c3c2ccc2c3c(-c3cccc(-c4ccc(-c5ccc6ccc7cccnc7c6n5)cc4)c3)nc3ccccc32)cc1.c1ccc(C2(c3ccccc3)c3ccccc3-c3c2ccc2c3c(-c3cccc(-c4ccc5ccc6cccnc6c5n4)c3)nc3ccccc32)cc1. The lowest BCUT2D eigenvalue weighted by atomic mass is 9.67. The summed E-state index contributed by atoms with van der Waals surface area (Å²) in [6, 6.07) is 140. The number of nitrogens with zero attached hydrogens (tertiary/aromatic N) is 6. The summed E-state index contributed by atoms with van der Waals surface area (Å²) in [6.45, 7) is 0. The standard InChI is InChI=1S/C56H35N3.C50H31N3/c1-3-16-42(17-4-1)56(43-18-5-2-6-19-43)47-22-9-7-21-46(47)51-48(56)32-31-45-44-20-8-10-23-50(44)59-53(52(45)51)41-14-11-13-40(35-41)36-24-26-37(27-25-36)49-33-30-39-29-28-38-15-12-34-57-54(38)55(39)58-49;1-3-16-36(17-4-1)50(37-18-5-2-6-19-37)41-22-9-7-21-40(41)45-42(50)28-27-39-38-20-8-10-23-44(38)53-47(46(39)45)35-14-11-13-34(31-35)43-29-26-33-25-24-32-15-12-30-51-48(32)49(33)52-43/h1-35H;1-31H. The van der Waals surface area contributed by atoms with E-state index in [9.17, 15) is 0 Å². The second kappa shape index (κ2) is 26.0. The molecule has 0 amide bonds. The van der Waals surface area contributed by atoms with Crippen LogP contribution in [-0.2, 0) is 10.8 Å². The Bertz CT molecular complexity index is 7290. The van der Waals surface area contributed by atoms with Gasteiger partial charge in [0.25, 0.3) is 0 Å². The van der Waals surface area contributed by atoms with Crippen LogP contribution >= 0.6 is 0 Å². The maximum absolute atomic E-state index is 5.54. The number of rotatable bonds is 9. The molecule has 0 radical (unpaired) electrons. The number of benzene rings is 15. The van der Waals surface area contributed by atoms with E-state index in [1.54, 1.807) is 0 Å². The van der Waals surface area contributed by atoms with Crippen LogP contribution in [0.1, 0.15) is 44.5 Å². The Hall–Kier alpha value is -14.7. The third-order valence-corrected chi connectivity index (χ3v) is 23.5. The summed E-state index contributed by atoms with van der Waals surface area (Å²) in [4.78, 5) is 30.7. The molecule has 0 N–H and O–H groups in total. The fourth-order valence-corrected chi connectivity index (χ4v) is 18.6. The Kier molecular flexibility index (Phi) is 15.0. The first kappa shape index (κ1) is 64.5. The van der Waals surface area contributed by atoms with Gasteiger partial charge in [-0.25, -0.2) is 19.9 Å². The lowest BCUT2D eigenvalue weighted by Crippen LogP contribution is -2.28. The number of pyridine rings is 6. The van der Waals surface area contributed by atoms with Crippen molar-refractivity contribution in [2.24, 2.45) is 0 Å². The quantitative estimate of drug-likeness (QED) is 0.134. The lowest BCUT2D eigenvalue weighted by Gasteiger charge is -2.34. The molecule has 0 fully saturated rings. The molecular formula is C106H66N6. The van der Waals surface area contributed by atoms with Gasteiger partial charge in [-0.2, -0.15) is 0 Å². The normalized spacial score (nSPS) is 13.0. The van der Waals surface area contributed by atoms with Gasteiger partial charge in [0.05, 0.1) is 66.7 Å². The number of aromatic nitrogens is 6. The second-order valence-corrected chi connectivity index (χ2v) is 29.4. The van der Waals surface area contributed by atoms with Crippen molar-refractivity contribution in [2.45, 2.75) is 10.8 Å². The minimum Gasteiger partial charge on any atom is -0.254 e. The molecule has 520 valence electrons. The van der Waals surface area contributed by atoms with E-state index in [1.807, 2.05) is 24.5 Å². The van der Waals surface area contributed by atoms with Gasteiger partial charge < -0.3 is 0 Å². The van der Waals surface area contributed by atoms with Crippen LogP contribution in [-0.4, -0.2) is 29.9 Å². The molecule has 0 saturated carbocycles. The summed E-state index contributed by atoms with van der Waals surface area (Å²) in [5, 5.41) is 11.4. The van der Waals surface area contributed by atoms with Crippen LogP contribution in [0.15, 0.2) is 401 Å². The number of fused-ring (bicyclic) bond motifs is 20. The second-order valence-electron chi connectivity index (χ2n) is 29.4. The zero-order valence-electron chi connectivity index (χ0n) is 60.8. The maximum Gasteiger partial charge on any atom is 0.0972 e. The van der Waals surface area contributed by atoms with Crippen LogP contribution < -0.4 is 0 Å². The van der Waals surface area contributed by atoms with E-state index >= 15 is 0 Å². The smallest absolute Gasteiger partial charge is 0.0972 e. The number of para-hydroxylation sites is 2. The molecule has 0 unspecified atom stereocenters. The summed E-state index contributed by atoms with van der Waals surface area (Å²) >= 11 is 0. The van der Waals surface area contributed by atoms with Crippen LogP contribution in [0.25, 0.3) is 165 Å². The first-order valence-corrected chi connectivity index (χ1v) is 38.3. The van der Waals surface area contributed by atoms with Gasteiger partial charge in [-0.3, -0.25) is 9.97 Å². The van der Waals surface area contributed by atoms with Gasteiger partial charge in [-0.05, 0) is 137 Å². The Morgan fingerprint density at radius 3 is 1.04 bits per heavy atom. The Labute approximate surface area is 647 Å². The number of hydrogen-bond donors (Lipinski definition) is 0. The van der Waals surface area contributed by atoms with Gasteiger partial charge in [0, 0.05) is 77.7 Å². The van der Waals surface area contributed by atoms with Crippen molar-refractivity contribution in [3.63, 3.8) is 0 Å². The van der Waals surface area contributed by atoms with Crippen molar-refractivity contribution < 1.29 is 0 Å². The first-order valence-electron chi connectivity index (χ1n) is 38.3. The third-order valence-electron chi connectivity index (χ3n) is 23.5. The Balaban J connectivity index is 0.000000138. The lowest BCUT2D eigenvalue weighted by molar-refractivity contribution is 0.769. The van der Waals surface area contributed by atoms with E-state index in [0.717, 1.165) is 122 Å². The molecule has 6 aromatic heterocycles. The van der Waals surface area contributed by atoms with E-state index in [0.29, 0.717) is 0 Å². The molecular weight excluding hydrogens is 1360 g/mol. The van der Waals surface area contributed by atoms with E-state index in [-0.39, 0.29) is 0 Å². The average molecular weight is 1420 g/mol. The average Bonchev–Trinajstić information content (AvgIpc) is 1.52. The molecule has 0 bridgehead atoms. The summed E-state index contributed by atoms with van der Waals surface area (Å²) in [6.07, 6.45) is 3.68. The molecule has 15 aromatic carbocycles. The molecule has 6 heteroatoms. The minimum absolute atomic E-state index is 0.501. The highest BCUT2D eigenvalue weighted by atomic mass is 14.8. The van der Waals surface area contributed by atoms with Gasteiger partial charge in [0.1, 0.15) is 0 Å². The summed E-state index contributed by atoms with van der Waals surface area (Å²) < 4.78 is 0. The largest absolute Gasteiger partial charge is 0.254 e. The van der Waals surface area contributed by atoms with Gasteiger partial charge in [-0.1, -0.05) is 340 Å². The maximum atomic E-state index is 5.54. The monoisotopic (exact) mass is 1420 g/mol. The van der Waals surface area contributed by atoms with Crippen molar-refractivity contribution in [2.75, 3.05) is 0 Å². The Morgan fingerprint density at radius 2 is 0.571 bits per heavy atom. The zero-order valence-corrected chi connectivity index (χ0v) is 60.8. The fraction of sp³-hybridized carbons (Fsp3) is 0.0189. The van der Waals surface area contributed by atoms with Crippen LogP contribution in [0.4, 0.5) is 0 Å². The molecule has 21 aromatic rings. The van der Waals surface area contributed by atoms with Crippen LogP contribution in [0.5, 0.6) is 0 Å². The molecule has 0 saturated heterocycles. The predicted molar refractivity (Wildman–Crippen MR) is 461 cm³/mol. The summed E-state index contributed by atoms with van der Waals surface area (Å²) in [5.74, 6) is 0. The van der Waals surface area contributed by atoms with Gasteiger partial charge >= 0.3 is 0 Å². The third kappa shape index (κ3) is 9.98. The highest BCUT2D eigenvalue weighted by Gasteiger charge is 2.49. The highest BCUT2D eigenvalue weighted by Crippen LogP contribution is 2.61.